The lowest BCUT2D eigenvalue weighted by Gasteiger charge is -2.29. The van der Waals surface area contributed by atoms with Gasteiger partial charge in [0.2, 0.25) is 10.0 Å². The Kier molecular flexibility index (Phi) is 6.87. The number of nitrogens with two attached hydrogens (primary N) is 2. The minimum Gasteiger partial charge on any atom is -0.381 e. The molecule has 2 aromatic heterocycles. The van der Waals surface area contributed by atoms with E-state index in [1.807, 2.05) is 10.7 Å². The third-order valence-corrected chi connectivity index (χ3v) is 7.16. The molecule has 1 fully saturated rings. The molecule has 0 spiro atoms. The van der Waals surface area contributed by atoms with Crippen LogP contribution in [0.15, 0.2) is 41.6 Å². The second kappa shape index (κ2) is 9.66. The predicted molar refractivity (Wildman–Crippen MR) is 131 cm³/mol. The fraction of sp³-hybridized carbons (Fsp3) is 0.478. The zero-order valence-electron chi connectivity index (χ0n) is 19.2. The maximum Gasteiger partial charge on any atom is 0.238 e. The Morgan fingerprint density at radius 3 is 2.48 bits per heavy atom. The summed E-state index contributed by atoms with van der Waals surface area (Å²) < 4.78 is 24.8. The predicted octanol–water partition coefficient (Wildman–Crippen LogP) is 2.84. The van der Waals surface area contributed by atoms with E-state index in [2.05, 4.69) is 29.5 Å². The van der Waals surface area contributed by atoms with Gasteiger partial charge in [0.05, 0.1) is 10.6 Å². The highest BCUT2D eigenvalue weighted by Crippen LogP contribution is 2.34. The number of rotatable bonds is 8. The Morgan fingerprint density at radius 1 is 1.15 bits per heavy atom. The van der Waals surface area contributed by atoms with Gasteiger partial charge in [-0.15, -0.1) is 5.10 Å². The van der Waals surface area contributed by atoms with Crippen molar-refractivity contribution < 1.29 is 8.42 Å². The normalized spacial score (nSPS) is 19.2. The van der Waals surface area contributed by atoms with Crippen molar-refractivity contribution in [3.63, 3.8) is 0 Å². The van der Waals surface area contributed by atoms with Gasteiger partial charge in [0.15, 0.2) is 11.5 Å². The van der Waals surface area contributed by atoms with Crippen LogP contribution in [-0.4, -0.2) is 41.6 Å². The Balaban J connectivity index is 1.55. The van der Waals surface area contributed by atoms with Crippen molar-refractivity contribution in [2.45, 2.75) is 68.8 Å². The minimum atomic E-state index is -3.68. The maximum absolute atomic E-state index is 11.5. The van der Waals surface area contributed by atoms with Gasteiger partial charge >= 0.3 is 0 Å². The van der Waals surface area contributed by atoms with E-state index in [0.29, 0.717) is 18.6 Å². The molecule has 1 aliphatic rings. The zero-order chi connectivity index (χ0) is 23.6. The van der Waals surface area contributed by atoms with Crippen molar-refractivity contribution >= 4 is 27.2 Å². The van der Waals surface area contributed by atoms with Crippen LogP contribution in [0.2, 0.25) is 0 Å². The molecule has 1 aliphatic carbocycles. The van der Waals surface area contributed by atoms with Crippen molar-refractivity contribution in [3.8, 4) is 0 Å². The van der Waals surface area contributed by atoms with Crippen LogP contribution in [0.4, 0.5) is 11.5 Å². The highest BCUT2D eigenvalue weighted by molar-refractivity contribution is 7.89. The van der Waals surface area contributed by atoms with Crippen molar-refractivity contribution in [1.82, 2.24) is 14.6 Å². The monoisotopic (exact) mass is 471 g/mol. The highest BCUT2D eigenvalue weighted by Gasteiger charge is 2.24. The molecule has 0 atom stereocenters. The quantitative estimate of drug-likeness (QED) is 0.396. The number of imidazole rings is 1. The zero-order valence-corrected chi connectivity index (χ0v) is 20.0. The molecule has 4 rings (SSSR count). The molecule has 6 N–H and O–H groups in total. The van der Waals surface area contributed by atoms with Gasteiger partial charge in [-0.3, -0.25) is 0 Å². The second-order valence-corrected chi connectivity index (χ2v) is 10.7. The topological polar surface area (TPSA) is 140 Å². The number of sulfonamides is 1. The lowest BCUT2D eigenvalue weighted by molar-refractivity contribution is 0.410. The summed E-state index contributed by atoms with van der Waals surface area (Å²) in [5.41, 5.74) is 9.99. The van der Waals surface area contributed by atoms with Gasteiger partial charge in [-0.25, -0.2) is 23.1 Å². The third-order valence-electron chi connectivity index (χ3n) is 6.23. The molecule has 1 aromatic carbocycles. The highest BCUT2D eigenvalue weighted by atomic mass is 32.2. The van der Waals surface area contributed by atoms with Crippen molar-refractivity contribution in [2.24, 2.45) is 10.9 Å². The molecule has 0 amide bonds. The number of fused-ring (bicyclic) bond motifs is 1. The van der Waals surface area contributed by atoms with Crippen LogP contribution >= 0.6 is 0 Å². The SMILES string of the molecule is CC(C)c1c(NC2CCC(N)CC2)nn2ccnc2c1NCCc1ccc(S(N)(=O)=O)cc1. The Bertz CT molecular complexity index is 1200. The van der Waals surface area contributed by atoms with E-state index in [-0.39, 0.29) is 10.8 Å². The Labute approximate surface area is 195 Å². The number of nitrogens with zero attached hydrogens (tertiary/aromatic N) is 3. The van der Waals surface area contributed by atoms with Gasteiger partial charge in [-0.1, -0.05) is 26.0 Å². The molecule has 0 unspecified atom stereocenters. The van der Waals surface area contributed by atoms with Crippen molar-refractivity contribution in [3.05, 3.63) is 47.8 Å². The number of hydrogen-bond acceptors (Lipinski definition) is 7. The van der Waals surface area contributed by atoms with Gasteiger partial charge in [-0.05, 0) is 55.7 Å². The first kappa shape index (κ1) is 23.5. The molecule has 10 heteroatoms. The Morgan fingerprint density at radius 2 is 1.85 bits per heavy atom. The molecular formula is C23H33N7O2S. The van der Waals surface area contributed by atoms with Crippen molar-refractivity contribution in [1.29, 1.82) is 0 Å². The molecule has 1 saturated carbocycles. The summed E-state index contributed by atoms with van der Waals surface area (Å²) in [7, 11) is -3.68. The van der Waals surface area contributed by atoms with Crippen LogP contribution < -0.4 is 21.5 Å². The molecule has 0 saturated heterocycles. The standard InChI is InChI=1S/C23H33N7O2S/c1-15(2)20-21(26-12-11-16-3-9-19(10-4-16)33(25,31)32)23-27-13-14-30(23)29-22(20)28-18-7-5-17(24)6-8-18/h3-4,9-10,13-15,17-18,26H,5-8,11-12,24H2,1-2H3,(H,28,29)(H2,25,31,32). The van der Waals surface area contributed by atoms with Gasteiger partial charge in [0.1, 0.15) is 0 Å². The summed E-state index contributed by atoms with van der Waals surface area (Å²) in [4.78, 5) is 4.66. The maximum atomic E-state index is 11.5. The molecule has 2 heterocycles. The van der Waals surface area contributed by atoms with Gasteiger partial charge < -0.3 is 16.4 Å². The Hall–Kier alpha value is -2.69. The average molecular weight is 472 g/mol. The summed E-state index contributed by atoms with van der Waals surface area (Å²) in [6, 6.07) is 7.34. The number of nitrogens with one attached hydrogen (secondary N) is 2. The molecule has 3 aromatic rings. The molecule has 0 radical (unpaired) electrons. The van der Waals surface area contributed by atoms with Gasteiger partial charge in [-0.2, -0.15) is 0 Å². The van der Waals surface area contributed by atoms with E-state index < -0.39 is 10.0 Å². The fourth-order valence-corrected chi connectivity index (χ4v) is 4.95. The largest absolute Gasteiger partial charge is 0.381 e. The van der Waals surface area contributed by atoms with E-state index in [9.17, 15) is 8.42 Å². The lowest BCUT2D eigenvalue weighted by Crippen LogP contribution is -2.33. The number of benzene rings is 1. The molecule has 0 aliphatic heterocycles. The van der Waals surface area contributed by atoms with E-state index in [4.69, 9.17) is 16.0 Å². The summed E-state index contributed by atoms with van der Waals surface area (Å²) in [6.45, 7) is 4.99. The number of primary sulfonamides is 1. The first-order valence-electron chi connectivity index (χ1n) is 11.5. The molecule has 0 bridgehead atoms. The first-order valence-corrected chi connectivity index (χ1v) is 13.0. The fourth-order valence-electron chi connectivity index (χ4n) is 4.43. The van der Waals surface area contributed by atoms with E-state index >= 15 is 0 Å². The van der Waals surface area contributed by atoms with E-state index in [1.54, 1.807) is 30.5 Å². The number of hydrogen-bond donors (Lipinski definition) is 4. The van der Waals surface area contributed by atoms with E-state index in [0.717, 1.165) is 60.4 Å². The van der Waals surface area contributed by atoms with Crippen LogP contribution in [0.1, 0.15) is 56.6 Å². The minimum absolute atomic E-state index is 0.119. The summed E-state index contributed by atoms with van der Waals surface area (Å²) in [6.07, 6.45) is 8.47. The number of anilines is 2. The van der Waals surface area contributed by atoms with Gasteiger partial charge in [0, 0.05) is 36.6 Å². The summed E-state index contributed by atoms with van der Waals surface area (Å²) in [5.74, 6) is 1.13. The number of aromatic nitrogens is 3. The summed E-state index contributed by atoms with van der Waals surface area (Å²) in [5, 5.41) is 17.3. The van der Waals surface area contributed by atoms with Gasteiger partial charge in [0.25, 0.3) is 0 Å². The van der Waals surface area contributed by atoms with Crippen LogP contribution in [0.25, 0.3) is 5.65 Å². The second-order valence-electron chi connectivity index (χ2n) is 9.11. The molecule has 33 heavy (non-hydrogen) atoms. The molecule has 9 nitrogen and oxygen atoms in total. The van der Waals surface area contributed by atoms with Crippen LogP contribution in [0.3, 0.4) is 0 Å². The molecule has 178 valence electrons. The van der Waals surface area contributed by atoms with E-state index in [1.165, 1.54) is 0 Å². The van der Waals surface area contributed by atoms with Crippen molar-refractivity contribution in [2.75, 3.05) is 17.2 Å². The van der Waals surface area contributed by atoms with Crippen LogP contribution in [0, 0.1) is 0 Å². The average Bonchev–Trinajstić information content (AvgIpc) is 3.23. The smallest absolute Gasteiger partial charge is 0.238 e. The van der Waals surface area contributed by atoms with Crippen LogP contribution in [0.5, 0.6) is 0 Å². The lowest BCUT2D eigenvalue weighted by atomic mass is 9.91. The third kappa shape index (κ3) is 5.45. The first-order chi connectivity index (χ1) is 15.7. The van der Waals surface area contributed by atoms with Crippen LogP contribution in [-0.2, 0) is 16.4 Å². The summed E-state index contributed by atoms with van der Waals surface area (Å²) >= 11 is 0. The molecular weight excluding hydrogens is 438 g/mol.